The van der Waals surface area contributed by atoms with Crippen LogP contribution in [0, 0.1) is 17.8 Å². The third-order valence-corrected chi connectivity index (χ3v) is 7.21. The summed E-state index contributed by atoms with van der Waals surface area (Å²) < 4.78 is 22.9. The lowest BCUT2D eigenvalue weighted by Gasteiger charge is -2.32. The van der Waals surface area contributed by atoms with Crippen molar-refractivity contribution in [3.05, 3.63) is 29.3 Å². The molecule has 6 heteroatoms. The number of halogens is 1. The number of hydrogen-bond donors (Lipinski definition) is 2. The Bertz CT molecular complexity index is 724. The molecular formula is C26H39FO5. The highest BCUT2D eigenvalue weighted by atomic mass is 19.1. The average Bonchev–Trinajstić information content (AvgIpc) is 3.09. The highest BCUT2D eigenvalue weighted by molar-refractivity contribution is 5.71. The van der Waals surface area contributed by atoms with E-state index in [4.69, 9.17) is 9.47 Å². The van der Waals surface area contributed by atoms with Crippen molar-refractivity contribution in [1.29, 1.82) is 0 Å². The molecule has 5 nitrogen and oxygen atoms in total. The fourth-order valence-electron chi connectivity index (χ4n) is 5.52. The van der Waals surface area contributed by atoms with Gasteiger partial charge in [0.05, 0.1) is 25.5 Å². The SMILES string of the molecule is CCCCCC(O)CCC1C(O)CC2Cc3c(cccc3OCC(=O)OCCCF)CC21. The largest absolute Gasteiger partial charge is 0.482 e. The maximum Gasteiger partial charge on any atom is 0.344 e. The number of esters is 1. The van der Waals surface area contributed by atoms with Crippen LogP contribution in [-0.2, 0) is 22.4 Å². The maximum absolute atomic E-state index is 12.1. The van der Waals surface area contributed by atoms with E-state index in [1.807, 2.05) is 12.1 Å². The van der Waals surface area contributed by atoms with E-state index >= 15 is 0 Å². The molecule has 2 N–H and O–H groups in total. The molecule has 0 amide bonds. The van der Waals surface area contributed by atoms with Crippen molar-refractivity contribution in [3.8, 4) is 5.75 Å². The minimum atomic E-state index is -0.506. The topological polar surface area (TPSA) is 76.0 Å². The first-order valence-corrected chi connectivity index (χ1v) is 12.3. The molecule has 1 saturated carbocycles. The molecule has 5 unspecified atom stereocenters. The first-order chi connectivity index (χ1) is 15.5. The predicted molar refractivity (Wildman–Crippen MR) is 121 cm³/mol. The van der Waals surface area contributed by atoms with Gasteiger partial charge in [0.2, 0.25) is 0 Å². The number of aliphatic hydroxyl groups excluding tert-OH is 2. The van der Waals surface area contributed by atoms with E-state index in [9.17, 15) is 19.4 Å². The van der Waals surface area contributed by atoms with Gasteiger partial charge in [-0.25, -0.2) is 4.79 Å². The number of carbonyl (C=O) groups excluding carboxylic acids is 1. The van der Waals surface area contributed by atoms with Gasteiger partial charge in [-0.3, -0.25) is 4.39 Å². The summed E-state index contributed by atoms with van der Waals surface area (Å²) in [5.74, 6) is 1.25. The molecule has 0 radical (unpaired) electrons. The molecule has 0 aliphatic heterocycles. The number of ether oxygens (including phenoxy) is 2. The standard InChI is InChI=1S/C26H39FO5/c1-2-3-4-8-20(28)10-11-21-22-14-18-7-5-9-25(23(18)15-19(22)16-24(21)29)32-17-26(30)31-13-6-12-27/h5,7,9,19-22,24,28-29H,2-4,6,8,10-17H2,1H3. The Kier molecular flexibility index (Phi) is 9.79. The maximum atomic E-state index is 12.1. The lowest BCUT2D eigenvalue weighted by atomic mass is 9.73. The first-order valence-electron chi connectivity index (χ1n) is 12.3. The molecule has 0 aromatic heterocycles. The summed E-state index contributed by atoms with van der Waals surface area (Å²) in [5.41, 5.74) is 2.34. The third kappa shape index (κ3) is 6.67. The molecule has 1 aromatic carbocycles. The number of unbranched alkanes of at least 4 members (excludes halogenated alkanes) is 2. The molecule has 180 valence electrons. The van der Waals surface area contributed by atoms with Gasteiger partial charge in [0, 0.05) is 6.42 Å². The van der Waals surface area contributed by atoms with Crippen LogP contribution >= 0.6 is 0 Å². The van der Waals surface area contributed by atoms with Gasteiger partial charge in [-0.1, -0.05) is 38.3 Å². The summed E-state index contributed by atoms with van der Waals surface area (Å²) >= 11 is 0. The van der Waals surface area contributed by atoms with E-state index in [1.165, 1.54) is 5.56 Å². The monoisotopic (exact) mass is 450 g/mol. The molecule has 0 saturated heterocycles. The van der Waals surface area contributed by atoms with Crippen LogP contribution in [0.3, 0.4) is 0 Å². The summed E-state index contributed by atoms with van der Waals surface area (Å²) in [6.45, 7) is 1.55. The smallest absolute Gasteiger partial charge is 0.344 e. The van der Waals surface area contributed by atoms with Gasteiger partial charge in [0.15, 0.2) is 6.61 Å². The van der Waals surface area contributed by atoms with Crippen molar-refractivity contribution in [3.63, 3.8) is 0 Å². The quantitative estimate of drug-likeness (QED) is 0.344. The summed E-state index contributed by atoms with van der Waals surface area (Å²) in [5, 5.41) is 21.1. The molecule has 2 aliphatic carbocycles. The Morgan fingerprint density at radius 2 is 2.06 bits per heavy atom. The summed E-state index contributed by atoms with van der Waals surface area (Å²) in [6.07, 6.45) is 7.97. The van der Waals surface area contributed by atoms with E-state index in [2.05, 4.69) is 13.0 Å². The van der Waals surface area contributed by atoms with Crippen molar-refractivity contribution in [2.24, 2.45) is 17.8 Å². The van der Waals surface area contributed by atoms with Crippen LogP contribution in [0.2, 0.25) is 0 Å². The highest BCUT2D eigenvalue weighted by Crippen LogP contribution is 2.48. The summed E-state index contributed by atoms with van der Waals surface area (Å²) in [4.78, 5) is 11.8. The van der Waals surface area contributed by atoms with Crippen LogP contribution in [-0.4, -0.2) is 48.3 Å². The fraction of sp³-hybridized carbons (Fsp3) is 0.731. The summed E-state index contributed by atoms with van der Waals surface area (Å²) in [6, 6.07) is 5.93. The molecule has 3 rings (SSSR count). The zero-order valence-corrected chi connectivity index (χ0v) is 19.3. The number of alkyl halides is 1. The van der Waals surface area contributed by atoms with Gasteiger partial charge >= 0.3 is 5.97 Å². The first kappa shape index (κ1) is 25.0. The fourth-order valence-corrected chi connectivity index (χ4v) is 5.52. The number of benzene rings is 1. The zero-order valence-electron chi connectivity index (χ0n) is 19.3. The molecule has 32 heavy (non-hydrogen) atoms. The molecule has 0 bridgehead atoms. The number of rotatable bonds is 13. The number of aliphatic hydroxyl groups is 2. The minimum absolute atomic E-state index is 0.0714. The van der Waals surface area contributed by atoms with Gasteiger partial charge in [-0.15, -0.1) is 0 Å². The Morgan fingerprint density at radius 3 is 2.84 bits per heavy atom. The van der Waals surface area contributed by atoms with Gasteiger partial charge < -0.3 is 19.7 Å². The van der Waals surface area contributed by atoms with Crippen molar-refractivity contribution in [1.82, 2.24) is 0 Å². The Morgan fingerprint density at radius 1 is 1.22 bits per heavy atom. The van der Waals surface area contributed by atoms with Gasteiger partial charge in [0.1, 0.15) is 5.75 Å². The van der Waals surface area contributed by atoms with Crippen molar-refractivity contribution in [2.75, 3.05) is 19.9 Å². The van der Waals surface area contributed by atoms with Crippen LogP contribution in [0.1, 0.15) is 69.4 Å². The van der Waals surface area contributed by atoms with E-state index in [0.29, 0.717) is 17.6 Å². The van der Waals surface area contributed by atoms with E-state index in [0.717, 1.165) is 63.4 Å². The average molecular weight is 451 g/mol. The van der Waals surface area contributed by atoms with E-state index in [-0.39, 0.29) is 37.8 Å². The van der Waals surface area contributed by atoms with E-state index < -0.39 is 12.6 Å². The molecule has 0 spiro atoms. The van der Waals surface area contributed by atoms with E-state index in [1.54, 1.807) is 0 Å². The second kappa shape index (κ2) is 12.5. The van der Waals surface area contributed by atoms with Crippen LogP contribution in [0.25, 0.3) is 0 Å². The second-order valence-electron chi connectivity index (χ2n) is 9.47. The van der Waals surface area contributed by atoms with Crippen LogP contribution in [0.15, 0.2) is 18.2 Å². The number of hydrogen-bond acceptors (Lipinski definition) is 5. The van der Waals surface area contributed by atoms with Crippen LogP contribution in [0.4, 0.5) is 4.39 Å². The van der Waals surface area contributed by atoms with Crippen molar-refractivity contribution in [2.45, 2.75) is 83.3 Å². The molecule has 1 fully saturated rings. The lowest BCUT2D eigenvalue weighted by Crippen LogP contribution is -2.28. The Hall–Kier alpha value is -1.66. The van der Waals surface area contributed by atoms with Gasteiger partial charge in [0.25, 0.3) is 0 Å². The zero-order chi connectivity index (χ0) is 22.9. The Labute approximate surface area is 191 Å². The number of carbonyl (C=O) groups is 1. The lowest BCUT2D eigenvalue weighted by molar-refractivity contribution is -0.146. The normalized spacial score (nSPS) is 25.1. The van der Waals surface area contributed by atoms with Gasteiger partial charge in [-0.2, -0.15) is 0 Å². The minimum Gasteiger partial charge on any atom is -0.482 e. The van der Waals surface area contributed by atoms with Crippen LogP contribution in [0.5, 0.6) is 5.75 Å². The molecule has 2 aliphatic rings. The molecular weight excluding hydrogens is 411 g/mol. The van der Waals surface area contributed by atoms with Crippen LogP contribution < -0.4 is 4.74 Å². The van der Waals surface area contributed by atoms with Crippen molar-refractivity contribution >= 4 is 5.97 Å². The predicted octanol–water partition coefficient (Wildman–Crippen LogP) is 4.40. The molecule has 0 heterocycles. The third-order valence-electron chi connectivity index (χ3n) is 7.21. The second-order valence-corrected chi connectivity index (χ2v) is 9.47. The summed E-state index contributed by atoms with van der Waals surface area (Å²) in [7, 11) is 0. The molecule has 1 aromatic rings. The van der Waals surface area contributed by atoms with Gasteiger partial charge in [-0.05, 0) is 73.5 Å². The van der Waals surface area contributed by atoms with Crippen molar-refractivity contribution < 1.29 is 28.9 Å². The number of fused-ring (bicyclic) bond motifs is 2. The Balaban J connectivity index is 1.56. The highest BCUT2D eigenvalue weighted by Gasteiger charge is 2.44. The molecule has 5 atom stereocenters.